The summed E-state index contributed by atoms with van der Waals surface area (Å²) in [6.45, 7) is 3.39. The van der Waals surface area contributed by atoms with E-state index in [4.69, 9.17) is 14.4 Å². The van der Waals surface area contributed by atoms with Gasteiger partial charge in [-0.25, -0.2) is 4.79 Å². The van der Waals surface area contributed by atoms with Crippen molar-refractivity contribution in [3.63, 3.8) is 0 Å². The molecule has 0 bridgehead atoms. The van der Waals surface area contributed by atoms with Crippen LogP contribution in [0.4, 0.5) is 0 Å². The predicted octanol–water partition coefficient (Wildman–Crippen LogP) is 0.691. The van der Waals surface area contributed by atoms with E-state index in [0.717, 1.165) is 25.1 Å². The number of aliphatic carboxylic acids is 1. The van der Waals surface area contributed by atoms with Crippen LogP contribution in [0.2, 0.25) is 0 Å². The lowest BCUT2D eigenvalue weighted by Crippen LogP contribution is -2.20. The molecule has 0 saturated carbocycles. The number of hydrogen-bond donors (Lipinski definition) is 3. The molecule has 0 aliphatic carbocycles. The summed E-state index contributed by atoms with van der Waals surface area (Å²) in [5.41, 5.74) is 0.956. The van der Waals surface area contributed by atoms with Gasteiger partial charge in [0, 0.05) is 6.54 Å². The molecule has 21 heavy (non-hydrogen) atoms. The highest BCUT2D eigenvalue weighted by atomic mass is 32.2. The van der Waals surface area contributed by atoms with E-state index in [9.17, 15) is 13.2 Å². The minimum atomic E-state index is -4.02. The minimum absolute atomic E-state index is 0.0666. The normalized spacial score (nSPS) is 17.9. The molecule has 0 aromatic heterocycles. The van der Waals surface area contributed by atoms with E-state index in [1.807, 2.05) is 6.92 Å². The quantitative estimate of drug-likeness (QED) is 0.700. The molecular formula is C13H19NO6S. The largest absolute Gasteiger partial charge is 0.480 e. The van der Waals surface area contributed by atoms with Gasteiger partial charge in [-0.2, -0.15) is 8.42 Å². The highest BCUT2D eigenvalue weighted by Crippen LogP contribution is 2.08. The van der Waals surface area contributed by atoms with E-state index < -0.39 is 16.1 Å². The maximum Gasteiger partial charge on any atom is 0.329 e. The van der Waals surface area contributed by atoms with E-state index in [0.29, 0.717) is 0 Å². The molecule has 0 spiro atoms. The zero-order valence-corrected chi connectivity index (χ0v) is 12.5. The molecule has 1 unspecified atom stereocenters. The van der Waals surface area contributed by atoms with Crippen LogP contribution in [0.5, 0.6) is 0 Å². The van der Waals surface area contributed by atoms with Crippen molar-refractivity contribution < 1.29 is 27.6 Å². The molecular weight excluding hydrogens is 298 g/mol. The Morgan fingerprint density at radius 1 is 1.38 bits per heavy atom. The van der Waals surface area contributed by atoms with Crippen molar-refractivity contribution >= 4 is 16.1 Å². The molecule has 3 N–H and O–H groups in total. The van der Waals surface area contributed by atoms with Crippen molar-refractivity contribution in [2.45, 2.75) is 24.3 Å². The van der Waals surface area contributed by atoms with Gasteiger partial charge < -0.3 is 15.2 Å². The van der Waals surface area contributed by atoms with Gasteiger partial charge in [-0.3, -0.25) is 4.55 Å². The Hall–Kier alpha value is -1.48. The molecule has 1 aliphatic rings. The molecule has 1 saturated heterocycles. The van der Waals surface area contributed by atoms with E-state index in [2.05, 4.69) is 5.32 Å². The van der Waals surface area contributed by atoms with Crippen LogP contribution in [0, 0.1) is 6.92 Å². The van der Waals surface area contributed by atoms with Crippen LogP contribution >= 0.6 is 0 Å². The Kier molecular flexibility index (Phi) is 6.76. The Balaban J connectivity index is 0.000000211. The van der Waals surface area contributed by atoms with Crippen LogP contribution in [0.1, 0.15) is 12.0 Å². The number of benzene rings is 1. The van der Waals surface area contributed by atoms with Gasteiger partial charge in [-0.1, -0.05) is 17.7 Å². The van der Waals surface area contributed by atoms with Gasteiger partial charge in [0.15, 0.2) is 0 Å². The van der Waals surface area contributed by atoms with Crippen LogP contribution in [-0.4, -0.2) is 49.8 Å². The highest BCUT2D eigenvalue weighted by molar-refractivity contribution is 7.85. The SMILES string of the molecule is Cc1ccc(S(=O)(=O)O)cc1.O=C(O)COC1CCNC1. The number of aryl methyl sites for hydroxylation is 1. The standard InChI is InChI=1S/C7H8O3S.C6H11NO3/c1-6-2-4-7(5-3-6)11(8,9)10;8-6(9)4-10-5-1-2-7-3-5/h2-5H,1H3,(H,8,9,10);5,7H,1-4H2,(H,8,9). The van der Waals surface area contributed by atoms with Crippen molar-refractivity contribution in [1.82, 2.24) is 5.32 Å². The number of nitrogens with one attached hydrogen (secondary N) is 1. The average Bonchev–Trinajstić information content (AvgIpc) is 2.89. The Morgan fingerprint density at radius 3 is 2.43 bits per heavy atom. The van der Waals surface area contributed by atoms with E-state index in [1.165, 1.54) is 12.1 Å². The van der Waals surface area contributed by atoms with Gasteiger partial charge in [-0.05, 0) is 32.0 Å². The number of carbonyl (C=O) groups is 1. The van der Waals surface area contributed by atoms with Crippen molar-refractivity contribution in [3.8, 4) is 0 Å². The minimum Gasteiger partial charge on any atom is -0.480 e. The highest BCUT2D eigenvalue weighted by Gasteiger charge is 2.15. The maximum absolute atomic E-state index is 10.5. The first-order valence-electron chi connectivity index (χ1n) is 6.37. The molecule has 1 heterocycles. The first-order chi connectivity index (χ1) is 9.79. The zero-order valence-electron chi connectivity index (χ0n) is 11.7. The number of carboxylic acids is 1. The third-order valence-electron chi connectivity index (χ3n) is 2.78. The smallest absolute Gasteiger partial charge is 0.329 e. The molecule has 0 amide bonds. The molecule has 1 aromatic rings. The fourth-order valence-corrected chi connectivity index (χ4v) is 2.15. The number of hydrogen-bond acceptors (Lipinski definition) is 5. The summed E-state index contributed by atoms with van der Waals surface area (Å²) in [6, 6.07) is 5.99. The van der Waals surface area contributed by atoms with Crippen molar-refractivity contribution in [2.24, 2.45) is 0 Å². The molecule has 1 fully saturated rings. The molecule has 0 radical (unpaired) electrons. The monoisotopic (exact) mass is 317 g/mol. The molecule has 118 valence electrons. The summed E-state index contributed by atoms with van der Waals surface area (Å²) in [7, 11) is -4.02. The zero-order chi connectivity index (χ0) is 15.9. The lowest BCUT2D eigenvalue weighted by Gasteiger charge is -2.06. The topological polar surface area (TPSA) is 113 Å². The second kappa shape index (κ2) is 8.08. The Morgan fingerprint density at radius 2 is 2.00 bits per heavy atom. The van der Waals surface area contributed by atoms with Crippen molar-refractivity contribution in [1.29, 1.82) is 0 Å². The first kappa shape index (κ1) is 17.6. The lowest BCUT2D eigenvalue weighted by molar-refractivity contribution is -0.143. The molecule has 7 nitrogen and oxygen atoms in total. The van der Waals surface area contributed by atoms with E-state index in [-0.39, 0.29) is 17.6 Å². The van der Waals surface area contributed by atoms with Gasteiger partial charge in [0.1, 0.15) is 6.61 Å². The van der Waals surface area contributed by atoms with Gasteiger partial charge in [0.2, 0.25) is 0 Å². The summed E-state index contributed by atoms with van der Waals surface area (Å²) >= 11 is 0. The van der Waals surface area contributed by atoms with Crippen LogP contribution in [0.25, 0.3) is 0 Å². The Bertz CT molecular complexity index is 549. The van der Waals surface area contributed by atoms with E-state index >= 15 is 0 Å². The summed E-state index contributed by atoms with van der Waals surface area (Å²) in [6.07, 6.45) is 1.03. The van der Waals surface area contributed by atoms with Crippen LogP contribution in [0.15, 0.2) is 29.2 Å². The first-order valence-corrected chi connectivity index (χ1v) is 7.81. The molecule has 1 atom stereocenters. The Labute approximate surface area is 123 Å². The lowest BCUT2D eigenvalue weighted by atomic mass is 10.2. The third kappa shape index (κ3) is 7.19. The van der Waals surface area contributed by atoms with Gasteiger partial charge >= 0.3 is 5.97 Å². The van der Waals surface area contributed by atoms with Crippen LogP contribution < -0.4 is 5.32 Å². The summed E-state index contributed by atoms with van der Waals surface area (Å²) in [5.74, 6) is -0.896. The number of rotatable bonds is 4. The fourth-order valence-electron chi connectivity index (χ4n) is 1.67. The van der Waals surface area contributed by atoms with Gasteiger partial charge in [-0.15, -0.1) is 0 Å². The van der Waals surface area contributed by atoms with Crippen molar-refractivity contribution in [2.75, 3.05) is 19.7 Å². The molecule has 1 aromatic carbocycles. The molecule has 2 rings (SSSR count). The number of ether oxygens (including phenoxy) is 1. The second-order valence-electron chi connectivity index (χ2n) is 4.61. The molecule has 1 aliphatic heterocycles. The summed E-state index contributed by atoms with van der Waals surface area (Å²) < 4.78 is 34.6. The molecule has 8 heteroatoms. The van der Waals surface area contributed by atoms with Crippen LogP contribution in [-0.2, 0) is 19.6 Å². The average molecular weight is 317 g/mol. The second-order valence-corrected chi connectivity index (χ2v) is 6.03. The van der Waals surface area contributed by atoms with Gasteiger partial charge in [0.05, 0.1) is 11.0 Å². The third-order valence-corrected chi connectivity index (χ3v) is 3.64. The maximum atomic E-state index is 10.5. The van der Waals surface area contributed by atoms with Crippen LogP contribution in [0.3, 0.4) is 0 Å². The van der Waals surface area contributed by atoms with E-state index in [1.54, 1.807) is 12.1 Å². The number of carboxylic acid groups (broad SMARTS) is 1. The predicted molar refractivity (Wildman–Crippen MR) is 75.9 cm³/mol. The fraction of sp³-hybridized carbons (Fsp3) is 0.462. The summed E-state index contributed by atoms with van der Waals surface area (Å²) in [4.78, 5) is 9.94. The van der Waals surface area contributed by atoms with Crippen molar-refractivity contribution in [3.05, 3.63) is 29.8 Å². The van der Waals surface area contributed by atoms with Gasteiger partial charge in [0.25, 0.3) is 10.1 Å². The summed E-state index contributed by atoms with van der Waals surface area (Å²) in [5, 5.41) is 11.3.